The van der Waals surface area contributed by atoms with Crippen LogP contribution in [0.2, 0.25) is 0 Å². The number of aromatic amines is 2. The molecule has 4 aromatic rings. The highest BCUT2D eigenvalue weighted by atomic mass is 16.2. The van der Waals surface area contributed by atoms with E-state index in [9.17, 15) is 14.4 Å². The molecule has 2 unspecified atom stereocenters. The first-order chi connectivity index (χ1) is 16.1. The summed E-state index contributed by atoms with van der Waals surface area (Å²) in [5, 5.41) is 5.01. The minimum Gasteiger partial charge on any atom is -0.361 e. The molecule has 6 heteroatoms. The van der Waals surface area contributed by atoms with Crippen molar-refractivity contribution >= 4 is 39.8 Å². The normalized spacial score (nSPS) is 13.1. The third-order valence-corrected chi connectivity index (χ3v) is 6.11. The highest BCUT2D eigenvalue weighted by molar-refractivity contribution is 5.92. The Kier molecular flexibility index (Phi) is 7.03. The minimum absolute atomic E-state index is 0.0857. The number of ketones is 1. The van der Waals surface area contributed by atoms with E-state index in [1.54, 1.807) is 0 Å². The maximum Gasteiger partial charge on any atom is 0.220 e. The van der Waals surface area contributed by atoms with Crippen LogP contribution >= 0.6 is 0 Å². The van der Waals surface area contributed by atoms with Gasteiger partial charge in [0, 0.05) is 59.4 Å². The Morgan fingerprint density at radius 2 is 1.48 bits per heavy atom. The summed E-state index contributed by atoms with van der Waals surface area (Å²) in [5.41, 5.74) is 3.98. The standard InChI is InChI=1S/C27H29N3O3/c1-2-7-27(33)30-25(14-20-16-29-24-11-6-4-9-22(20)24)26(32)13-18(17-31)12-19-15-28-23-10-5-3-8-21(19)23/h3-6,8-11,15-18,25,28-29H,2,7,12-14H2,1H3,(H,30,33). The van der Waals surface area contributed by atoms with Crippen LogP contribution in [-0.2, 0) is 27.2 Å². The number of carbonyl (C=O) groups excluding carboxylic acids is 3. The third-order valence-electron chi connectivity index (χ3n) is 6.11. The number of amides is 1. The van der Waals surface area contributed by atoms with E-state index >= 15 is 0 Å². The fourth-order valence-electron chi connectivity index (χ4n) is 4.41. The topological polar surface area (TPSA) is 94.8 Å². The van der Waals surface area contributed by atoms with E-state index < -0.39 is 12.0 Å². The van der Waals surface area contributed by atoms with Crippen molar-refractivity contribution in [3.63, 3.8) is 0 Å². The first-order valence-corrected chi connectivity index (χ1v) is 11.5. The van der Waals surface area contributed by atoms with Crippen molar-refractivity contribution in [2.45, 2.75) is 45.1 Å². The Balaban J connectivity index is 1.51. The van der Waals surface area contributed by atoms with Crippen LogP contribution < -0.4 is 5.32 Å². The van der Waals surface area contributed by atoms with Gasteiger partial charge in [-0.2, -0.15) is 0 Å². The molecular weight excluding hydrogens is 414 g/mol. The summed E-state index contributed by atoms with van der Waals surface area (Å²) in [5.74, 6) is -0.720. The minimum atomic E-state index is -0.673. The molecule has 2 heterocycles. The van der Waals surface area contributed by atoms with Crippen molar-refractivity contribution in [3.8, 4) is 0 Å². The highest BCUT2D eigenvalue weighted by Crippen LogP contribution is 2.23. The zero-order chi connectivity index (χ0) is 23.2. The second-order valence-corrected chi connectivity index (χ2v) is 8.56. The lowest BCUT2D eigenvalue weighted by molar-refractivity contribution is -0.129. The van der Waals surface area contributed by atoms with Crippen molar-refractivity contribution in [2.24, 2.45) is 5.92 Å². The van der Waals surface area contributed by atoms with E-state index in [1.165, 1.54) is 0 Å². The summed E-state index contributed by atoms with van der Waals surface area (Å²) in [6.07, 6.45) is 6.66. The molecule has 2 atom stereocenters. The van der Waals surface area contributed by atoms with Gasteiger partial charge < -0.3 is 20.1 Å². The number of aldehydes is 1. The van der Waals surface area contributed by atoms with E-state index in [0.29, 0.717) is 25.7 Å². The molecule has 2 aromatic heterocycles. The predicted molar refractivity (Wildman–Crippen MR) is 130 cm³/mol. The van der Waals surface area contributed by atoms with Gasteiger partial charge in [0.25, 0.3) is 0 Å². The van der Waals surface area contributed by atoms with Crippen molar-refractivity contribution in [3.05, 3.63) is 72.1 Å². The van der Waals surface area contributed by atoms with Gasteiger partial charge in [-0.25, -0.2) is 0 Å². The van der Waals surface area contributed by atoms with Crippen molar-refractivity contribution in [2.75, 3.05) is 0 Å². The maximum atomic E-state index is 13.3. The molecular formula is C27H29N3O3. The lowest BCUT2D eigenvalue weighted by Gasteiger charge is -2.19. The van der Waals surface area contributed by atoms with Crippen LogP contribution in [0.15, 0.2) is 60.9 Å². The molecule has 0 aliphatic rings. The predicted octanol–water partition coefficient (Wildman–Crippen LogP) is 4.49. The molecule has 0 spiro atoms. The van der Waals surface area contributed by atoms with Gasteiger partial charge in [-0.3, -0.25) is 9.59 Å². The average molecular weight is 444 g/mol. The van der Waals surface area contributed by atoms with E-state index in [2.05, 4.69) is 15.3 Å². The largest absolute Gasteiger partial charge is 0.361 e. The monoisotopic (exact) mass is 443 g/mol. The zero-order valence-corrected chi connectivity index (χ0v) is 18.8. The van der Waals surface area contributed by atoms with E-state index in [4.69, 9.17) is 0 Å². The van der Waals surface area contributed by atoms with Gasteiger partial charge >= 0.3 is 0 Å². The smallest absolute Gasteiger partial charge is 0.220 e. The Bertz CT molecular complexity index is 1270. The second kappa shape index (κ2) is 10.3. The fraction of sp³-hybridized carbons (Fsp3) is 0.296. The third kappa shape index (κ3) is 5.22. The number of nitrogens with one attached hydrogen (secondary N) is 3. The highest BCUT2D eigenvalue weighted by Gasteiger charge is 2.25. The lowest BCUT2D eigenvalue weighted by atomic mass is 9.91. The summed E-state index contributed by atoms with van der Waals surface area (Å²) < 4.78 is 0. The molecule has 2 aromatic carbocycles. The Hall–Kier alpha value is -3.67. The van der Waals surface area contributed by atoms with Crippen molar-refractivity contribution < 1.29 is 14.4 Å². The van der Waals surface area contributed by atoms with E-state index in [1.807, 2.05) is 67.8 Å². The average Bonchev–Trinajstić information content (AvgIpc) is 3.42. The molecule has 33 heavy (non-hydrogen) atoms. The quantitative estimate of drug-likeness (QED) is 0.298. The summed E-state index contributed by atoms with van der Waals surface area (Å²) in [6, 6.07) is 15.1. The summed E-state index contributed by atoms with van der Waals surface area (Å²) >= 11 is 0. The molecule has 0 fully saturated rings. The van der Waals surface area contributed by atoms with Crippen LogP contribution in [0, 0.1) is 5.92 Å². The van der Waals surface area contributed by atoms with Gasteiger partial charge in [0.1, 0.15) is 6.29 Å². The van der Waals surface area contributed by atoms with Gasteiger partial charge in [0.2, 0.25) is 5.91 Å². The van der Waals surface area contributed by atoms with Gasteiger partial charge in [0.05, 0.1) is 6.04 Å². The molecule has 0 aliphatic carbocycles. The molecule has 170 valence electrons. The summed E-state index contributed by atoms with van der Waals surface area (Å²) in [4.78, 5) is 44.0. The van der Waals surface area contributed by atoms with Gasteiger partial charge in [0.15, 0.2) is 5.78 Å². The second-order valence-electron chi connectivity index (χ2n) is 8.56. The number of benzene rings is 2. The number of fused-ring (bicyclic) bond motifs is 2. The van der Waals surface area contributed by atoms with Crippen LogP contribution in [0.25, 0.3) is 21.8 Å². The molecule has 3 N–H and O–H groups in total. The Morgan fingerprint density at radius 3 is 2.06 bits per heavy atom. The molecule has 0 radical (unpaired) electrons. The van der Waals surface area contributed by atoms with Gasteiger partial charge in [-0.1, -0.05) is 43.3 Å². The maximum absolute atomic E-state index is 13.3. The van der Waals surface area contributed by atoms with Crippen LogP contribution in [0.1, 0.15) is 37.3 Å². The molecule has 4 rings (SSSR count). The van der Waals surface area contributed by atoms with Crippen LogP contribution in [-0.4, -0.2) is 34.0 Å². The Morgan fingerprint density at radius 1 is 0.909 bits per heavy atom. The Labute approximate surface area is 192 Å². The first kappa shape index (κ1) is 22.5. The molecule has 0 bridgehead atoms. The SMILES string of the molecule is CCCC(=O)NC(Cc1c[nH]c2ccccc12)C(=O)CC(C=O)Cc1c[nH]c2ccccc12. The molecule has 0 saturated heterocycles. The summed E-state index contributed by atoms with van der Waals surface area (Å²) in [7, 11) is 0. The molecule has 0 aliphatic heterocycles. The number of Topliss-reactive ketones (excluding diaryl/α,β-unsaturated/α-hetero) is 1. The number of hydrogen-bond acceptors (Lipinski definition) is 3. The number of H-pyrrole nitrogens is 2. The fourth-order valence-corrected chi connectivity index (χ4v) is 4.41. The van der Waals surface area contributed by atoms with Gasteiger partial charge in [-0.15, -0.1) is 0 Å². The lowest BCUT2D eigenvalue weighted by Crippen LogP contribution is -2.43. The zero-order valence-electron chi connectivity index (χ0n) is 18.8. The number of hydrogen-bond donors (Lipinski definition) is 3. The van der Waals surface area contributed by atoms with Crippen LogP contribution in [0.5, 0.6) is 0 Å². The van der Waals surface area contributed by atoms with E-state index in [0.717, 1.165) is 39.2 Å². The van der Waals surface area contributed by atoms with Crippen molar-refractivity contribution in [1.29, 1.82) is 0 Å². The molecule has 6 nitrogen and oxygen atoms in total. The van der Waals surface area contributed by atoms with Crippen LogP contribution in [0.4, 0.5) is 0 Å². The molecule has 0 saturated carbocycles. The summed E-state index contributed by atoms with van der Waals surface area (Å²) in [6.45, 7) is 1.93. The number of para-hydroxylation sites is 2. The number of carbonyl (C=O) groups is 3. The number of rotatable bonds is 11. The van der Waals surface area contributed by atoms with E-state index in [-0.39, 0.29) is 18.1 Å². The van der Waals surface area contributed by atoms with Gasteiger partial charge in [-0.05, 0) is 36.1 Å². The first-order valence-electron chi connectivity index (χ1n) is 11.5. The number of aromatic nitrogens is 2. The van der Waals surface area contributed by atoms with Crippen LogP contribution in [0.3, 0.4) is 0 Å². The van der Waals surface area contributed by atoms with Crippen molar-refractivity contribution in [1.82, 2.24) is 15.3 Å². The molecule has 1 amide bonds.